The van der Waals surface area contributed by atoms with E-state index >= 15 is 0 Å². The molecule has 0 unspecified atom stereocenters. The van der Waals surface area contributed by atoms with Gasteiger partial charge in [0.15, 0.2) is 11.5 Å². The summed E-state index contributed by atoms with van der Waals surface area (Å²) in [6.07, 6.45) is 0. The van der Waals surface area contributed by atoms with Gasteiger partial charge in [-0.1, -0.05) is 0 Å². The SMILES string of the molecule is COCc1nnc(-c2ccc3c(c2)OCO3)o1. The largest absolute Gasteiger partial charge is 0.454 e. The molecule has 0 aliphatic carbocycles. The summed E-state index contributed by atoms with van der Waals surface area (Å²) in [6.45, 7) is 0.551. The molecule has 17 heavy (non-hydrogen) atoms. The lowest BCUT2D eigenvalue weighted by Gasteiger charge is -1.97. The van der Waals surface area contributed by atoms with Crippen LogP contribution in [0.2, 0.25) is 0 Å². The van der Waals surface area contributed by atoms with Crippen LogP contribution in [0, 0.1) is 0 Å². The molecule has 0 radical (unpaired) electrons. The van der Waals surface area contributed by atoms with E-state index in [0.717, 1.165) is 11.3 Å². The molecule has 6 heteroatoms. The first kappa shape index (κ1) is 10.1. The second-order valence-electron chi connectivity index (χ2n) is 3.50. The maximum Gasteiger partial charge on any atom is 0.248 e. The molecule has 0 atom stereocenters. The van der Waals surface area contributed by atoms with Crippen molar-refractivity contribution in [1.29, 1.82) is 0 Å². The summed E-state index contributed by atoms with van der Waals surface area (Å²) in [5.41, 5.74) is 0.795. The first-order valence-electron chi connectivity index (χ1n) is 5.08. The van der Waals surface area contributed by atoms with E-state index in [2.05, 4.69) is 10.2 Å². The Morgan fingerprint density at radius 1 is 1.24 bits per heavy atom. The molecule has 0 amide bonds. The molecule has 0 saturated carbocycles. The van der Waals surface area contributed by atoms with Gasteiger partial charge in [-0.2, -0.15) is 0 Å². The number of hydrogen-bond acceptors (Lipinski definition) is 6. The molecule has 0 spiro atoms. The highest BCUT2D eigenvalue weighted by molar-refractivity contribution is 5.60. The maximum absolute atomic E-state index is 5.43. The average Bonchev–Trinajstić information content (AvgIpc) is 2.96. The van der Waals surface area contributed by atoms with E-state index < -0.39 is 0 Å². The van der Waals surface area contributed by atoms with Crippen LogP contribution in [0.15, 0.2) is 22.6 Å². The molecule has 1 aliphatic heterocycles. The Bertz CT molecular complexity index is 538. The zero-order valence-electron chi connectivity index (χ0n) is 9.17. The fraction of sp³-hybridized carbons (Fsp3) is 0.273. The van der Waals surface area contributed by atoms with Crippen LogP contribution >= 0.6 is 0 Å². The number of methoxy groups -OCH3 is 1. The van der Waals surface area contributed by atoms with Gasteiger partial charge in [-0.25, -0.2) is 0 Å². The van der Waals surface area contributed by atoms with Crippen LogP contribution in [0.5, 0.6) is 11.5 Å². The number of fused-ring (bicyclic) bond motifs is 1. The van der Waals surface area contributed by atoms with Gasteiger partial charge in [0.2, 0.25) is 18.6 Å². The van der Waals surface area contributed by atoms with Crippen LogP contribution in [0.25, 0.3) is 11.5 Å². The molecule has 6 nitrogen and oxygen atoms in total. The van der Waals surface area contributed by atoms with E-state index in [0.29, 0.717) is 24.1 Å². The summed E-state index contributed by atoms with van der Waals surface area (Å²) in [5, 5.41) is 7.80. The third-order valence-corrected chi connectivity index (χ3v) is 2.35. The summed E-state index contributed by atoms with van der Waals surface area (Å²) in [4.78, 5) is 0. The van der Waals surface area contributed by atoms with Crippen molar-refractivity contribution in [1.82, 2.24) is 10.2 Å². The van der Waals surface area contributed by atoms with Gasteiger partial charge >= 0.3 is 0 Å². The lowest BCUT2D eigenvalue weighted by atomic mass is 10.2. The van der Waals surface area contributed by atoms with Gasteiger partial charge in [-0.15, -0.1) is 10.2 Å². The number of benzene rings is 1. The zero-order chi connectivity index (χ0) is 11.7. The molecule has 0 fully saturated rings. The smallest absolute Gasteiger partial charge is 0.248 e. The predicted octanol–water partition coefficient (Wildman–Crippen LogP) is 1.61. The van der Waals surface area contributed by atoms with Crippen LogP contribution < -0.4 is 9.47 Å². The van der Waals surface area contributed by atoms with Crippen molar-refractivity contribution in [3.8, 4) is 23.0 Å². The van der Waals surface area contributed by atoms with Crippen LogP contribution in [-0.4, -0.2) is 24.1 Å². The molecule has 2 aromatic rings. The summed E-state index contributed by atoms with van der Waals surface area (Å²) < 4.78 is 20.8. The van der Waals surface area contributed by atoms with Crippen molar-refractivity contribution in [3.63, 3.8) is 0 Å². The highest BCUT2D eigenvalue weighted by atomic mass is 16.7. The van der Waals surface area contributed by atoms with E-state index in [4.69, 9.17) is 18.6 Å². The van der Waals surface area contributed by atoms with Gasteiger partial charge < -0.3 is 18.6 Å². The number of nitrogens with zero attached hydrogens (tertiary/aromatic N) is 2. The quantitative estimate of drug-likeness (QED) is 0.803. The van der Waals surface area contributed by atoms with Crippen molar-refractivity contribution < 1.29 is 18.6 Å². The third kappa shape index (κ3) is 1.83. The monoisotopic (exact) mass is 234 g/mol. The summed E-state index contributed by atoms with van der Waals surface area (Å²) in [7, 11) is 1.57. The Kier molecular flexibility index (Phi) is 2.41. The zero-order valence-corrected chi connectivity index (χ0v) is 9.17. The van der Waals surface area contributed by atoms with Crippen molar-refractivity contribution in [2.75, 3.05) is 13.9 Å². The normalized spacial score (nSPS) is 13.0. The molecule has 1 aromatic carbocycles. The Labute approximate surface area is 97.1 Å². The summed E-state index contributed by atoms with van der Waals surface area (Å²) >= 11 is 0. The minimum absolute atomic E-state index is 0.248. The van der Waals surface area contributed by atoms with Crippen LogP contribution in [-0.2, 0) is 11.3 Å². The average molecular weight is 234 g/mol. The predicted molar refractivity (Wildman–Crippen MR) is 56.6 cm³/mol. The highest BCUT2D eigenvalue weighted by Gasteiger charge is 2.16. The molecule has 3 rings (SSSR count). The van der Waals surface area contributed by atoms with Crippen LogP contribution in [0.3, 0.4) is 0 Å². The second kappa shape index (κ2) is 4.06. The molecule has 1 aliphatic rings. The number of aromatic nitrogens is 2. The Hall–Kier alpha value is -2.08. The van der Waals surface area contributed by atoms with Gasteiger partial charge in [0, 0.05) is 12.7 Å². The topological polar surface area (TPSA) is 66.6 Å². The van der Waals surface area contributed by atoms with Crippen LogP contribution in [0.4, 0.5) is 0 Å². The van der Waals surface area contributed by atoms with Crippen LogP contribution in [0.1, 0.15) is 5.89 Å². The van der Waals surface area contributed by atoms with Gasteiger partial charge in [-0.05, 0) is 18.2 Å². The first-order chi connectivity index (χ1) is 8.36. The molecule has 0 bridgehead atoms. The van der Waals surface area contributed by atoms with Gasteiger partial charge in [0.05, 0.1) is 0 Å². The standard InChI is InChI=1S/C11H10N2O4/c1-14-5-10-12-13-11(17-10)7-2-3-8-9(4-7)16-6-15-8/h2-4H,5-6H2,1H3. The molecule has 88 valence electrons. The van der Waals surface area contributed by atoms with Gasteiger partial charge in [0.25, 0.3) is 0 Å². The highest BCUT2D eigenvalue weighted by Crippen LogP contribution is 2.35. The number of hydrogen-bond donors (Lipinski definition) is 0. The fourth-order valence-electron chi connectivity index (χ4n) is 1.58. The van der Waals surface area contributed by atoms with Gasteiger partial charge in [-0.3, -0.25) is 0 Å². The lowest BCUT2D eigenvalue weighted by Crippen LogP contribution is -1.92. The summed E-state index contributed by atoms with van der Waals surface area (Å²) in [5.74, 6) is 2.30. The van der Waals surface area contributed by atoms with Crippen molar-refractivity contribution in [2.45, 2.75) is 6.61 Å². The molecule has 2 heterocycles. The minimum Gasteiger partial charge on any atom is -0.454 e. The maximum atomic E-state index is 5.43. The Morgan fingerprint density at radius 2 is 2.12 bits per heavy atom. The van der Waals surface area contributed by atoms with Crippen molar-refractivity contribution in [2.24, 2.45) is 0 Å². The minimum atomic E-state index is 0.248. The Balaban J connectivity index is 1.92. The molecule has 1 aromatic heterocycles. The summed E-state index contributed by atoms with van der Waals surface area (Å²) in [6, 6.07) is 5.47. The Morgan fingerprint density at radius 3 is 3.00 bits per heavy atom. The van der Waals surface area contributed by atoms with E-state index in [1.54, 1.807) is 7.11 Å². The third-order valence-electron chi connectivity index (χ3n) is 2.35. The number of ether oxygens (including phenoxy) is 3. The first-order valence-corrected chi connectivity index (χ1v) is 5.08. The van der Waals surface area contributed by atoms with E-state index in [-0.39, 0.29) is 6.79 Å². The molecule has 0 N–H and O–H groups in total. The van der Waals surface area contributed by atoms with E-state index in [9.17, 15) is 0 Å². The molecular weight excluding hydrogens is 224 g/mol. The van der Waals surface area contributed by atoms with Crippen molar-refractivity contribution >= 4 is 0 Å². The molecule has 0 saturated heterocycles. The van der Waals surface area contributed by atoms with Gasteiger partial charge in [0.1, 0.15) is 6.61 Å². The van der Waals surface area contributed by atoms with E-state index in [1.165, 1.54) is 0 Å². The number of rotatable bonds is 3. The van der Waals surface area contributed by atoms with Crippen molar-refractivity contribution in [3.05, 3.63) is 24.1 Å². The lowest BCUT2D eigenvalue weighted by molar-refractivity contribution is 0.160. The van der Waals surface area contributed by atoms with E-state index in [1.807, 2.05) is 18.2 Å². The second-order valence-corrected chi connectivity index (χ2v) is 3.50. The molecular formula is C11H10N2O4. The fourth-order valence-corrected chi connectivity index (χ4v) is 1.58.